The molecular weight excluding hydrogens is 418 g/mol. The van der Waals surface area contributed by atoms with Crippen LogP contribution >= 0.6 is 23.4 Å². The molecule has 4 rings (SSSR count). The predicted molar refractivity (Wildman–Crippen MR) is 122 cm³/mol. The van der Waals surface area contributed by atoms with Crippen molar-refractivity contribution in [3.05, 3.63) is 70.0 Å². The number of aryl methyl sites for hydroxylation is 2. The van der Waals surface area contributed by atoms with Crippen molar-refractivity contribution >= 4 is 35.0 Å². The third kappa shape index (κ3) is 4.04. The maximum Gasteiger partial charge on any atom is 0.240 e. The van der Waals surface area contributed by atoms with Gasteiger partial charge in [-0.1, -0.05) is 54.6 Å². The number of hydrogen-bond donors (Lipinski definition) is 2. The summed E-state index contributed by atoms with van der Waals surface area (Å²) in [6.07, 6.45) is 1.78. The number of carbonyl (C=O) groups is 1. The van der Waals surface area contributed by atoms with E-state index in [9.17, 15) is 4.79 Å². The van der Waals surface area contributed by atoms with Gasteiger partial charge in [0.15, 0.2) is 5.82 Å². The number of amides is 1. The SMILES string of the molecule is CCCc1nnc2n1N[C@@H](c1ccc(Cl)cc1)[C@H](C(=O)Nc1cccc(C)c1C)S2. The van der Waals surface area contributed by atoms with Gasteiger partial charge < -0.3 is 10.7 Å². The molecule has 1 aliphatic heterocycles. The fraction of sp³-hybridized carbons (Fsp3) is 0.318. The van der Waals surface area contributed by atoms with E-state index < -0.39 is 5.25 Å². The molecule has 8 heteroatoms. The molecule has 0 fully saturated rings. The lowest BCUT2D eigenvalue weighted by Gasteiger charge is -2.33. The number of fused-ring (bicyclic) bond motifs is 1. The van der Waals surface area contributed by atoms with Gasteiger partial charge in [0.25, 0.3) is 0 Å². The second-order valence-electron chi connectivity index (χ2n) is 7.42. The highest BCUT2D eigenvalue weighted by Gasteiger charge is 2.37. The van der Waals surface area contributed by atoms with E-state index >= 15 is 0 Å². The summed E-state index contributed by atoms with van der Waals surface area (Å²) in [6, 6.07) is 13.3. The molecule has 2 N–H and O–H groups in total. The second-order valence-corrected chi connectivity index (χ2v) is 8.96. The summed E-state index contributed by atoms with van der Waals surface area (Å²) in [5.74, 6) is 0.791. The van der Waals surface area contributed by atoms with E-state index in [0.717, 1.165) is 41.0 Å². The molecule has 0 unspecified atom stereocenters. The molecule has 1 amide bonds. The zero-order chi connectivity index (χ0) is 21.3. The second kappa shape index (κ2) is 8.70. The van der Waals surface area contributed by atoms with Crippen LogP contribution in [0.1, 0.15) is 41.9 Å². The van der Waals surface area contributed by atoms with Crippen LogP contribution in [0.5, 0.6) is 0 Å². The van der Waals surface area contributed by atoms with Gasteiger partial charge in [0.05, 0.1) is 6.04 Å². The third-order valence-electron chi connectivity index (χ3n) is 5.33. The minimum atomic E-state index is -0.419. The summed E-state index contributed by atoms with van der Waals surface area (Å²) >= 11 is 7.52. The van der Waals surface area contributed by atoms with Crippen molar-refractivity contribution < 1.29 is 4.79 Å². The Morgan fingerprint density at radius 3 is 2.70 bits per heavy atom. The molecule has 1 aromatic heterocycles. The Morgan fingerprint density at radius 1 is 1.20 bits per heavy atom. The molecule has 0 saturated carbocycles. The van der Waals surface area contributed by atoms with Crippen LogP contribution in [0, 0.1) is 13.8 Å². The van der Waals surface area contributed by atoms with Crippen molar-refractivity contribution in [2.75, 3.05) is 10.7 Å². The van der Waals surface area contributed by atoms with Crippen LogP contribution in [0.2, 0.25) is 5.02 Å². The molecule has 30 heavy (non-hydrogen) atoms. The van der Waals surface area contributed by atoms with E-state index in [-0.39, 0.29) is 11.9 Å². The summed E-state index contributed by atoms with van der Waals surface area (Å²) in [6.45, 7) is 6.16. The van der Waals surface area contributed by atoms with Crippen LogP contribution in [0.3, 0.4) is 0 Å². The molecule has 0 spiro atoms. The van der Waals surface area contributed by atoms with Crippen molar-refractivity contribution in [2.45, 2.75) is 50.1 Å². The molecule has 2 heterocycles. The molecule has 2 atom stereocenters. The number of nitrogens with one attached hydrogen (secondary N) is 2. The fourth-order valence-corrected chi connectivity index (χ4v) is 4.72. The average molecular weight is 442 g/mol. The Morgan fingerprint density at radius 2 is 1.97 bits per heavy atom. The normalized spacial score (nSPS) is 17.9. The Hall–Kier alpha value is -2.51. The number of aromatic nitrogens is 3. The minimum absolute atomic E-state index is 0.0764. The van der Waals surface area contributed by atoms with Crippen molar-refractivity contribution in [1.82, 2.24) is 14.9 Å². The largest absolute Gasteiger partial charge is 0.325 e. The Bertz CT molecular complexity index is 1070. The number of hydrogen-bond acceptors (Lipinski definition) is 5. The lowest BCUT2D eigenvalue weighted by Crippen LogP contribution is -2.41. The number of nitrogens with zero attached hydrogens (tertiary/aromatic N) is 3. The van der Waals surface area contributed by atoms with E-state index in [4.69, 9.17) is 11.6 Å². The molecule has 6 nitrogen and oxygen atoms in total. The van der Waals surface area contributed by atoms with Gasteiger partial charge in [0.2, 0.25) is 11.1 Å². The van der Waals surface area contributed by atoms with Crippen molar-refractivity contribution in [2.24, 2.45) is 0 Å². The van der Waals surface area contributed by atoms with Gasteiger partial charge >= 0.3 is 0 Å². The van der Waals surface area contributed by atoms with Gasteiger partial charge in [-0.2, -0.15) is 0 Å². The smallest absolute Gasteiger partial charge is 0.240 e. The summed E-state index contributed by atoms with van der Waals surface area (Å²) in [5.41, 5.74) is 7.49. The lowest BCUT2D eigenvalue weighted by molar-refractivity contribution is -0.116. The molecule has 0 aliphatic carbocycles. The molecular formula is C22H24ClN5OS. The van der Waals surface area contributed by atoms with E-state index in [1.165, 1.54) is 11.8 Å². The summed E-state index contributed by atoms with van der Waals surface area (Å²) in [7, 11) is 0. The van der Waals surface area contributed by atoms with Gasteiger partial charge in [-0.05, 0) is 55.2 Å². The topological polar surface area (TPSA) is 71.8 Å². The van der Waals surface area contributed by atoms with E-state index in [1.54, 1.807) is 0 Å². The summed E-state index contributed by atoms with van der Waals surface area (Å²) in [4.78, 5) is 13.4. The highest BCUT2D eigenvalue weighted by Crippen LogP contribution is 2.38. The molecule has 156 valence electrons. The lowest BCUT2D eigenvalue weighted by atomic mass is 10.0. The zero-order valence-corrected chi connectivity index (χ0v) is 18.7. The predicted octanol–water partition coefficient (Wildman–Crippen LogP) is 4.90. The monoisotopic (exact) mass is 441 g/mol. The molecule has 0 radical (unpaired) electrons. The molecule has 2 aromatic carbocycles. The standard InChI is InChI=1S/C22H24ClN5OS/c1-4-6-18-25-26-22-28(18)27-19(15-9-11-16(23)12-10-15)20(30-22)21(29)24-17-8-5-7-13(2)14(17)3/h5,7-12,19-20,27H,4,6H2,1-3H3,(H,24,29)/t19-,20+/m0/s1. The molecule has 3 aromatic rings. The van der Waals surface area contributed by atoms with E-state index in [2.05, 4.69) is 27.9 Å². The van der Waals surface area contributed by atoms with E-state index in [0.29, 0.717) is 10.2 Å². The maximum absolute atomic E-state index is 13.4. The minimum Gasteiger partial charge on any atom is -0.325 e. The zero-order valence-electron chi connectivity index (χ0n) is 17.1. The van der Waals surface area contributed by atoms with Crippen LogP contribution in [0.15, 0.2) is 47.6 Å². The number of thioether (sulfide) groups is 1. The fourth-order valence-electron chi connectivity index (χ4n) is 3.49. The van der Waals surface area contributed by atoms with Crippen LogP contribution < -0.4 is 10.7 Å². The average Bonchev–Trinajstić information content (AvgIpc) is 3.13. The number of rotatable bonds is 5. The first kappa shape index (κ1) is 20.8. The van der Waals surface area contributed by atoms with E-state index in [1.807, 2.05) is 61.0 Å². The van der Waals surface area contributed by atoms with Gasteiger partial charge in [-0.25, -0.2) is 4.68 Å². The first-order valence-electron chi connectivity index (χ1n) is 9.98. The maximum atomic E-state index is 13.4. The van der Waals surface area contributed by atoms with Gasteiger partial charge in [0, 0.05) is 17.1 Å². The van der Waals surface area contributed by atoms with Gasteiger partial charge in [-0.15, -0.1) is 10.2 Å². The van der Waals surface area contributed by atoms with Crippen LogP contribution in [-0.4, -0.2) is 26.0 Å². The van der Waals surface area contributed by atoms with Crippen molar-refractivity contribution in [3.8, 4) is 0 Å². The highest BCUT2D eigenvalue weighted by molar-refractivity contribution is 8.00. The van der Waals surface area contributed by atoms with Crippen molar-refractivity contribution in [1.29, 1.82) is 0 Å². The summed E-state index contributed by atoms with van der Waals surface area (Å²) < 4.78 is 1.91. The van der Waals surface area contributed by atoms with Crippen LogP contribution in [0.25, 0.3) is 0 Å². The quantitative estimate of drug-likeness (QED) is 0.589. The Labute approximate surface area is 185 Å². The third-order valence-corrected chi connectivity index (χ3v) is 6.79. The Kier molecular flexibility index (Phi) is 6.01. The molecule has 0 bridgehead atoms. The van der Waals surface area contributed by atoms with Crippen molar-refractivity contribution in [3.63, 3.8) is 0 Å². The molecule has 1 aliphatic rings. The first-order valence-corrected chi connectivity index (χ1v) is 11.2. The molecule has 0 saturated heterocycles. The van der Waals surface area contributed by atoms with Crippen LogP contribution in [0.4, 0.5) is 5.69 Å². The Balaban J connectivity index is 1.68. The summed E-state index contributed by atoms with van der Waals surface area (Å²) in [5, 5.41) is 12.7. The van der Waals surface area contributed by atoms with Gasteiger partial charge in [0.1, 0.15) is 5.25 Å². The van der Waals surface area contributed by atoms with Gasteiger partial charge in [-0.3, -0.25) is 4.79 Å². The number of carbonyl (C=O) groups excluding carboxylic acids is 1. The first-order chi connectivity index (χ1) is 14.5. The number of anilines is 1. The number of benzene rings is 2. The number of halogens is 1. The van der Waals surface area contributed by atoms with Crippen LogP contribution in [-0.2, 0) is 11.2 Å². The highest BCUT2D eigenvalue weighted by atomic mass is 35.5.